The van der Waals surface area contributed by atoms with Gasteiger partial charge in [0.05, 0.1) is 12.2 Å². The van der Waals surface area contributed by atoms with Crippen molar-refractivity contribution in [3.63, 3.8) is 0 Å². The summed E-state index contributed by atoms with van der Waals surface area (Å²) in [5.74, 6) is -5.42. The fourth-order valence-corrected chi connectivity index (χ4v) is 4.49. The molecular formula is C20H34F2O5P2. The van der Waals surface area contributed by atoms with E-state index in [0.29, 0.717) is 25.7 Å². The highest BCUT2D eigenvalue weighted by molar-refractivity contribution is 7.10. The van der Waals surface area contributed by atoms with Gasteiger partial charge in [0, 0.05) is 44.1 Å². The number of aliphatic carboxylic acids is 1. The number of alkyl halides is 2. The summed E-state index contributed by atoms with van der Waals surface area (Å²) in [7, 11) is 4.48. The molecule has 1 N–H and O–H groups in total. The first-order valence-corrected chi connectivity index (χ1v) is 11.2. The molecule has 1 saturated carbocycles. The molecule has 1 aliphatic rings. The predicted molar refractivity (Wildman–Crippen MR) is 115 cm³/mol. The van der Waals surface area contributed by atoms with E-state index in [-0.39, 0.29) is 30.5 Å². The van der Waals surface area contributed by atoms with E-state index in [4.69, 9.17) is 14.2 Å². The van der Waals surface area contributed by atoms with E-state index in [1.807, 2.05) is 6.92 Å². The molecule has 0 bridgehead atoms. The van der Waals surface area contributed by atoms with Crippen LogP contribution in [-0.4, -0.2) is 35.0 Å². The molecule has 9 heteroatoms. The second-order valence-electron chi connectivity index (χ2n) is 7.70. The van der Waals surface area contributed by atoms with Crippen LogP contribution < -0.4 is 0 Å². The Hall–Kier alpha value is -0.480. The standard InChI is InChI=1S/C20H34F2O5P2/c1-2-3-12-20(21,22)18(23)11-10-15-14(16(26-28)13-17(15)27-29)8-6-4-5-7-9-19(24)25/h10-11,14-17H,2-9,12-13,28-29H2,1H3,(H,24,25)/b11-10+. The van der Waals surface area contributed by atoms with Crippen molar-refractivity contribution < 1.29 is 32.5 Å². The molecule has 0 aliphatic heterocycles. The van der Waals surface area contributed by atoms with Gasteiger partial charge in [-0.3, -0.25) is 9.59 Å². The number of carbonyl (C=O) groups is 2. The molecular weight excluding hydrogens is 420 g/mol. The summed E-state index contributed by atoms with van der Waals surface area (Å²) >= 11 is 0. The van der Waals surface area contributed by atoms with Gasteiger partial charge in [-0.2, -0.15) is 8.78 Å². The van der Waals surface area contributed by atoms with E-state index in [1.54, 1.807) is 6.08 Å². The van der Waals surface area contributed by atoms with Crippen molar-refractivity contribution in [2.75, 3.05) is 0 Å². The third kappa shape index (κ3) is 9.04. The lowest BCUT2D eigenvalue weighted by atomic mass is 9.87. The van der Waals surface area contributed by atoms with Gasteiger partial charge in [0.25, 0.3) is 0 Å². The highest BCUT2D eigenvalue weighted by atomic mass is 31.0. The zero-order valence-electron chi connectivity index (χ0n) is 17.0. The van der Waals surface area contributed by atoms with Crippen LogP contribution in [0.25, 0.3) is 0 Å². The summed E-state index contributed by atoms with van der Waals surface area (Å²) in [6.45, 7) is 1.81. The summed E-state index contributed by atoms with van der Waals surface area (Å²) < 4.78 is 38.9. The minimum atomic E-state index is -3.33. The monoisotopic (exact) mass is 454 g/mol. The van der Waals surface area contributed by atoms with Crippen LogP contribution in [0.4, 0.5) is 8.78 Å². The lowest BCUT2D eigenvalue weighted by Crippen LogP contribution is -2.27. The number of carbonyl (C=O) groups excluding carboxylic acids is 1. The van der Waals surface area contributed by atoms with Crippen molar-refractivity contribution in [3.8, 4) is 0 Å². The minimum Gasteiger partial charge on any atom is -0.481 e. The van der Waals surface area contributed by atoms with Crippen LogP contribution in [0.5, 0.6) is 0 Å². The highest BCUT2D eigenvalue weighted by Crippen LogP contribution is 2.42. The molecule has 0 heterocycles. The van der Waals surface area contributed by atoms with Crippen LogP contribution in [0.1, 0.15) is 71.1 Å². The summed E-state index contributed by atoms with van der Waals surface area (Å²) in [6.07, 6.45) is 7.57. The van der Waals surface area contributed by atoms with Gasteiger partial charge in [-0.15, -0.1) is 0 Å². The average molecular weight is 454 g/mol. The van der Waals surface area contributed by atoms with Crippen LogP contribution in [0.15, 0.2) is 12.2 Å². The fourth-order valence-electron chi connectivity index (χ4n) is 3.88. The number of allylic oxidation sites excluding steroid dienone is 1. The lowest BCUT2D eigenvalue weighted by molar-refractivity contribution is -0.138. The van der Waals surface area contributed by atoms with E-state index in [2.05, 4.69) is 18.9 Å². The van der Waals surface area contributed by atoms with Crippen molar-refractivity contribution in [1.29, 1.82) is 0 Å². The minimum absolute atomic E-state index is 0.0471. The molecule has 29 heavy (non-hydrogen) atoms. The van der Waals surface area contributed by atoms with E-state index in [0.717, 1.165) is 31.8 Å². The second-order valence-corrected chi connectivity index (χ2v) is 8.25. The third-order valence-electron chi connectivity index (χ3n) is 5.57. The normalized spacial score (nSPS) is 25.0. The van der Waals surface area contributed by atoms with Crippen LogP contribution >= 0.6 is 18.9 Å². The molecule has 0 radical (unpaired) electrons. The number of ketones is 1. The Kier molecular flexibility index (Phi) is 12.6. The number of halogens is 2. The summed E-state index contributed by atoms with van der Waals surface area (Å²) in [4.78, 5) is 22.6. The maximum Gasteiger partial charge on any atom is 0.309 e. The molecule has 5 nitrogen and oxygen atoms in total. The van der Waals surface area contributed by atoms with E-state index in [9.17, 15) is 18.4 Å². The summed E-state index contributed by atoms with van der Waals surface area (Å²) in [5, 5.41) is 8.69. The van der Waals surface area contributed by atoms with Crippen molar-refractivity contribution in [2.24, 2.45) is 11.8 Å². The molecule has 0 aromatic heterocycles. The Labute approximate surface area is 176 Å². The quantitative estimate of drug-likeness (QED) is 0.205. The molecule has 1 fully saturated rings. The van der Waals surface area contributed by atoms with Crippen LogP contribution in [0.3, 0.4) is 0 Å². The highest BCUT2D eigenvalue weighted by Gasteiger charge is 2.43. The summed E-state index contributed by atoms with van der Waals surface area (Å²) in [5.41, 5.74) is 0. The number of unbranched alkanes of at least 4 members (excludes halogenated alkanes) is 4. The van der Waals surface area contributed by atoms with Gasteiger partial charge in [0.15, 0.2) is 0 Å². The summed E-state index contributed by atoms with van der Waals surface area (Å²) in [6, 6.07) is 0. The molecule has 0 aromatic carbocycles. The maximum absolute atomic E-state index is 14.0. The molecule has 1 aliphatic carbocycles. The van der Waals surface area contributed by atoms with Crippen molar-refractivity contribution in [3.05, 3.63) is 12.2 Å². The number of carboxylic acids is 1. The number of rotatable bonds is 15. The molecule has 168 valence electrons. The predicted octanol–water partition coefficient (Wildman–Crippen LogP) is 5.35. The molecule has 0 spiro atoms. The van der Waals surface area contributed by atoms with E-state index in [1.165, 1.54) is 0 Å². The smallest absolute Gasteiger partial charge is 0.309 e. The van der Waals surface area contributed by atoms with Gasteiger partial charge in [-0.05, 0) is 31.3 Å². The van der Waals surface area contributed by atoms with Crippen molar-refractivity contribution >= 4 is 30.7 Å². The Morgan fingerprint density at radius 3 is 2.34 bits per heavy atom. The third-order valence-corrected chi connectivity index (χ3v) is 6.27. The number of hydrogen-bond donors (Lipinski definition) is 1. The van der Waals surface area contributed by atoms with E-state index < -0.39 is 24.1 Å². The molecule has 6 atom stereocenters. The van der Waals surface area contributed by atoms with Gasteiger partial charge < -0.3 is 14.2 Å². The molecule has 0 amide bonds. The largest absolute Gasteiger partial charge is 0.481 e. The van der Waals surface area contributed by atoms with Gasteiger partial charge in [0.2, 0.25) is 5.78 Å². The maximum atomic E-state index is 14.0. The van der Waals surface area contributed by atoms with Gasteiger partial charge in [0.1, 0.15) is 0 Å². The Bertz CT molecular complexity index is 545. The lowest BCUT2D eigenvalue weighted by Gasteiger charge is -2.23. The zero-order chi connectivity index (χ0) is 21.9. The molecule has 0 aromatic rings. The number of hydrogen-bond acceptors (Lipinski definition) is 4. The topological polar surface area (TPSA) is 72.8 Å². The molecule has 6 unspecified atom stereocenters. The van der Waals surface area contributed by atoms with Gasteiger partial charge in [-0.1, -0.05) is 38.7 Å². The Morgan fingerprint density at radius 2 is 1.76 bits per heavy atom. The van der Waals surface area contributed by atoms with Crippen LogP contribution in [0.2, 0.25) is 0 Å². The Balaban J connectivity index is 2.70. The fraction of sp³-hybridized carbons (Fsp3) is 0.800. The molecule has 1 rings (SSSR count). The van der Waals surface area contributed by atoms with Gasteiger partial charge >= 0.3 is 11.9 Å². The average Bonchev–Trinajstić information content (AvgIpc) is 3.03. The van der Waals surface area contributed by atoms with E-state index >= 15 is 0 Å². The molecule has 0 saturated heterocycles. The Morgan fingerprint density at radius 1 is 1.10 bits per heavy atom. The van der Waals surface area contributed by atoms with Crippen LogP contribution in [-0.2, 0) is 18.6 Å². The first kappa shape index (κ1) is 26.6. The first-order chi connectivity index (χ1) is 13.8. The van der Waals surface area contributed by atoms with Gasteiger partial charge in [-0.25, -0.2) is 0 Å². The first-order valence-electron chi connectivity index (χ1n) is 10.3. The SMILES string of the molecule is CCCCC(F)(F)C(=O)/C=C/C1C(OP)CC(OP)C1CCCCCCC(=O)O. The van der Waals surface area contributed by atoms with Crippen molar-refractivity contribution in [1.82, 2.24) is 0 Å². The zero-order valence-corrected chi connectivity index (χ0v) is 19.3. The van der Waals surface area contributed by atoms with Crippen LogP contribution in [0, 0.1) is 11.8 Å². The number of carboxylic acid groups (broad SMARTS) is 1. The second kappa shape index (κ2) is 13.7. The van der Waals surface area contributed by atoms with Crippen molar-refractivity contribution in [2.45, 2.75) is 89.3 Å².